The first-order valence-electron chi connectivity index (χ1n) is 11.8. The molecule has 1 fully saturated rings. The van der Waals surface area contributed by atoms with Crippen LogP contribution >= 0.6 is 27.5 Å². The van der Waals surface area contributed by atoms with Crippen molar-refractivity contribution in [1.82, 2.24) is 19.3 Å². The van der Waals surface area contributed by atoms with Gasteiger partial charge in [0.2, 0.25) is 0 Å². The summed E-state index contributed by atoms with van der Waals surface area (Å²) in [6, 6.07) is 5.48. The number of nitrogens with zero attached hydrogens (tertiary/aromatic N) is 4. The smallest absolute Gasteiger partial charge is 0.410 e. The summed E-state index contributed by atoms with van der Waals surface area (Å²) < 4.78 is 24.8. The molecule has 0 aliphatic carbocycles. The number of halogens is 2. The first kappa shape index (κ1) is 27.3. The highest BCUT2D eigenvalue weighted by atomic mass is 79.9. The maximum Gasteiger partial charge on any atom is 0.410 e. The molecular formula is C25H31BrClN5O5. The van der Waals surface area contributed by atoms with Crippen molar-refractivity contribution < 1.29 is 23.7 Å². The lowest BCUT2D eigenvalue weighted by Crippen LogP contribution is -2.50. The van der Waals surface area contributed by atoms with Gasteiger partial charge < -0.3 is 29.2 Å². The van der Waals surface area contributed by atoms with Crippen LogP contribution in [0.15, 0.2) is 29.0 Å². The highest BCUT2D eigenvalue weighted by molar-refractivity contribution is 9.10. The normalized spacial score (nSPS) is 18.1. The van der Waals surface area contributed by atoms with Crippen molar-refractivity contribution in [2.24, 2.45) is 0 Å². The third-order valence-corrected chi connectivity index (χ3v) is 6.71. The van der Waals surface area contributed by atoms with Crippen LogP contribution in [0.2, 0.25) is 5.15 Å². The number of methoxy groups -OCH3 is 2. The lowest BCUT2D eigenvalue weighted by atomic mass is 10.2. The number of carbonyl (C=O) groups is 1. The number of nitrogens with one attached hydrogen (secondary N) is 1. The molecule has 1 aliphatic heterocycles. The molecule has 0 bridgehead atoms. The van der Waals surface area contributed by atoms with Gasteiger partial charge in [0, 0.05) is 18.2 Å². The summed E-state index contributed by atoms with van der Waals surface area (Å²) in [6.07, 6.45) is 0.644. The van der Waals surface area contributed by atoms with Crippen LogP contribution in [-0.4, -0.2) is 64.4 Å². The van der Waals surface area contributed by atoms with Crippen LogP contribution in [0.4, 0.5) is 10.6 Å². The van der Waals surface area contributed by atoms with E-state index in [9.17, 15) is 4.79 Å². The highest BCUT2D eigenvalue weighted by Crippen LogP contribution is 2.34. The summed E-state index contributed by atoms with van der Waals surface area (Å²) >= 11 is 10.2. The molecule has 0 radical (unpaired) electrons. The monoisotopic (exact) mass is 595 g/mol. The number of imidazole rings is 1. The predicted octanol–water partition coefficient (Wildman–Crippen LogP) is 5.47. The van der Waals surface area contributed by atoms with E-state index in [0.717, 1.165) is 5.56 Å². The lowest BCUT2D eigenvalue weighted by Gasteiger charge is -2.38. The molecular weight excluding hydrogens is 566 g/mol. The minimum atomic E-state index is -0.601. The molecule has 0 unspecified atom stereocenters. The number of amides is 1. The Balaban J connectivity index is 1.63. The van der Waals surface area contributed by atoms with Crippen LogP contribution in [0.3, 0.4) is 0 Å². The Kier molecular flexibility index (Phi) is 8.05. The first-order valence-corrected chi connectivity index (χ1v) is 13.0. The molecule has 3 heterocycles. The molecule has 1 N–H and O–H groups in total. The Hall–Kier alpha value is -2.76. The van der Waals surface area contributed by atoms with E-state index in [1.165, 1.54) is 0 Å². The zero-order chi connectivity index (χ0) is 26.9. The number of ether oxygens (including phenoxy) is 4. The van der Waals surface area contributed by atoms with E-state index in [0.29, 0.717) is 51.6 Å². The van der Waals surface area contributed by atoms with Crippen molar-refractivity contribution in [3.05, 3.63) is 45.5 Å². The van der Waals surface area contributed by atoms with Gasteiger partial charge in [0.25, 0.3) is 0 Å². The zero-order valence-corrected chi connectivity index (χ0v) is 24.0. The molecule has 200 valence electrons. The van der Waals surface area contributed by atoms with E-state index in [2.05, 4.69) is 26.2 Å². The Labute approximate surface area is 229 Å². The topological polar surface area (TPSA) is 99.5 Å². The minimum absolute atomic E-state index is 0.144. The molecule has 10 nitrogen and oxygen atoms in total. The summed E-state index contributed by atoms with van der Waals surface area (Å²) in [4.78, 5) is 23.7. The molecule has 1 aliphatic rings. The highest BCUT2D eigenvalue weighted by Gasteiger charge is 2.36. The average Bonchev–Trinajstić information content (AvgIpc) is 3.21. The maximum absolute atomic E-state index is 12.9. The largest absolute Gasteiger partial charge is 0.497 e. The summed E-state index contributed by atoms with van der Waals surface area (Å²) in [7, 11) is 3.22. The van der Waals surface area contributed by atoms with E-state index in [-0.39, 0.29) is 12.6 Å². The van der Waals surface area contributed by atoms with Gasteiger partial charge in [0.1, 0.15) is 44.3 Å². The van der Waals surface area contributed by atoms with E-state index < -0.39 is 17.8 Å². The first-order chi connectivity index (χ1) is 17.5. The van der Waals surface area contributed by atoms with Crippen LogP contribution in [0, 0.1) is 0 Å². The second-order valence-electron chi connectivity index (χ2n) is 9.71. The molecule has 2 aromatic heterocycles. The number of hydrogen-bond acceptors (Lipinski definition) is 8. The molecule has 1 amide bonds. The fraction of sp³-hybridized carbons (Fsp3) is 0.480. The van der Waals surface area contributed by atoms with E-state index in [1.54, 1.807) is 29.7 Å². The molecule has 12 heteroatoms. The van der Waals surface area contributed by atoms with Gasteiger partial charge in [0.05, 0.1) is 39.6 Å². The van der Waals surface area contributed by atoms with Gasteiger partial charge in [-0.1, -0.05) is 11.6 Å². The van der Waals surface area contributed by atoms with Gasteiger partial charge in [-0.3, -0.25) is 4.40 Å². The van der Waals surface area contributed by atoms with Crippen molar-refractivity contribution >= 4 is 45.0 Å². The number of hydrogen-bond donors (Lipinski definition) is 1. The fourth-order valence-electron chi connectivity index (χ4n) is 4.08. The van der Waals surface area contributed by atoms with Gasteiger partial charge in [-0.25, -0.2) is 14.8 Å². The van der Waals surface area contributed by atoms with Gasteiger partial charge >= 0.3 is 6.09 Å². The van der Waals surface area contributed by atoms with Crippen molar-refractivity contribution in [3.8, 4) is 11.5 Å². The van der Waals surface area contributed by atoms with E-state index >= 15 is 0 Å². The van der Waals surface area contributed by atoms with Crippen LogP contribution in [-0.2, 0) is 16.0 Å². The third kappa shape index (κ3) is 5.89. The van der Waals surface area contributed by atoms with Crippen molar-refractivity contribution in [2.75, 3.05) is 32.7 Å². The average molecular weight is 597 g/mol. The molecule has 2 atom stereocenters. The number of fused-ring (bicyclic) bond motifs is 1. The Morgan fingerprint density at radius 1 is 1.30 bits per heavy atom. The molecule has 0 saturated carbocycles. The minimum Gasteiger partial charge on any atom is -0.497 e. The molecule has 37 heavy (non-hydrogen) atoms. The SMILES string of the molecule is COc1ccc(CNc2ncc(Cl)n3c([C@H]4CN(C(=O)OC(C)(C)C)[C@@H](C)CO4)nc(Br)c23)c(OC)c1. The van der Waals surface area contributed by atoms with Gasteiger partial charge in [-0.15, -0.1) is 0 Å². The Bertz CT molecular complexity index is 1290. The lowest BCUT2D eigenvalue weighted by molar-refractivity contribution is -0.0698. The van der Waals surface area contributed by atoms with Crippen LogP contribution in [0.5, 0.6) is 11.5 Å². The Morgan fingerprint density at radius 3 is 2.73 bits per heavy atom. The molecule has 1 saturated heterocycles. The van der Waals surface area contributed by atoms with Crippen molar-refractivity contribution in [1.29, 1.82) is 0 Å². The number of benzene rings is 1. The summed E-state index contributed by atoms with van der Waals surface area (Å²) in [5.41, 5.74) is 0.975. The molecule has 4 rings (SSSR count). The number of carbonyl (C=O) groups excluding carboxylic acids is 1. The van der Waals surface area contributed by atoms with Gasteiger partial charge in [-0.05, 0) is 55.8 Å². The van der Waals surface area contributed by atoms with Crippen molar-refractivity contribution in [2.45, 2.75) is 52.0 Å². The summed E-state index contributed by atoms with van der Waals surface area (Å²) in [5, 5.41) is 3.72. The van der Waals surface area contributed by atoms with Crippen LogP contribution in [0.25, 0.3) is 5.52 Å². The maximum atomic E-state index is 12.9. The fourth-order valence-corrected chi connectivity index (χ4v) is 4.84. The standard InChI is InChI=1S/C25H31BrClN5O5/c1-14-13-36-18(12-31(14)24(33)37-25(2,3)4)23-30-21(26)20-22(29-11-19(27)32(20)23)28-10-15-7-8-16(34-5)9-17(15)35-6/h7-9,11,14,18H,10,12-13H2,1-6H3,(H,28,29)/t14-,18+/m0/s1. The van der Waals surface area contributed by atoms with Crippen LogP contribution in [0.1, 0.15) is 45.2 Å². The van der Waals surface area contributed by atoms with E-state index in [1.807, 2.05) is 45.9 Å². The number of aromatic nitrogens is 3. The van der Waals surface area contributed by atoms with Gasteiger partial charge in [-0.2, -0.15) is 0 Å². The van der Waals surface area contributed by atoms with Crippen molar-refractivity contribution in [3.63, 3.8) is 0 Å². The molecule has 1 aromatic carbocycles. The zero-order valence-electron chi connectivity index (χ0n) is 21.7. The second-order valence-corrected chi connectivity index (χ2v) is 10.8. The Morgan fingerprint density at radius 2 is 2.05 bits per heavy atom. The predicted molar refractivity (Wildman–Crippen MR) is 144 cm³/mol. The van der Waals surface area contributed by atoms with E-state index in [4.69, 9.17) is 35.5 Å². The van der Waals surface area contributed by atoms with Gasteiger partial charge in [0.15, 0.2) is 5.82 Å². The number of anilines is 1. The number of rotatable bonds is 6. The number of morpholine rings is 1. The second kappa shape index (κ2) is 10.9. The third-order valence-electron chi connectivity index (χ3n) is 5.89. The summed E-state index contributed by atoms with van der Waals surface area (Å²) in [6.45, 7) is 8.49. The molecule has 3 aromatic rings. The quantitative estimate of drug-likeness (QED) is 0.400. The molecule has 0 spiro atoms. The van der Waals surface area contributed by atoms with Crippen LogP contribution < -0.4 is 14.8 Å². The summed E-state index contributed by atoms with van der Waals surface area (Å²) in [5.74, 6) is 2.52.